The van der Waals surface area contributed by atoms with E-state index in [2.05, 4.69) is 25.2 Å². The van der Waals surface area contributed by atoms with Gasteiger partial charge in [0.25, 0.3) is 0 Å². The summed E-state index contributed by atoms with van der Waals surface area (Å²) in [5, 5.41) is 2.65. The summed E-state index contributed by atoms with van der Waals surface area (Å²) in [6.45, 7) is 10.5. The van der Waals surface area contributed by atoms with E-state index in [4.69, 9.17) is 4.74 Å². The minimum Gasteiger partial charge on any atom is -0.444 e. The van der Waals surface area contributed by atoms with E-state index in [1.165, 1.54) is 0 Å². The average Bonchev–Trinajstić information content (AvgIpc) is 2.23. The summed E-state index contributed by atoms with van der Waals surface area (Å²) >= 11 is 0. The zero-order chi connectivity index (χ0) is 11.8. The summed E-state index contributed by atoms with van der Waals surface area (Å²) in [7, 11) is 0. The third kappa shape index (κ3) is 4.68. The normalized spacial score (nSPS) is 20.8. The number of alkyl carbamates (subject to hydrolysis) is 1. The highest BCUT2D eigenvalue weighted by Crippen LogP contribution is 2.15. The maximum Gasteiger partial charge on any atom is 0.411 e. The van der Waals surface area contributed by atoms with Crippen molar-refractivity contribution in [2.45, 2.75) is 34.6 Å². The van der Waals surface area contributed by atoms with Crippen LogP contribution in [0.4, 0.5) is 4.79 Å². The maximum absolute atomic E-state index is 10.9. The van der Waals surface area contributed by atoms with E-state index in [1.807, 2.05) is 26.8 Å². The SMILES string of the molecule is C/C=C1/NC(=O)OC/C1=C/C(C)C.CC. The average molecular weight is 211 g/mol. The van der Waals surface area contributed by atoms with Gasteiger partial charge < -0.3 is 4.74 Å². The van der Waals surface area contributed by atoms with Gasteiger partial charge in [0, 0.05) is 11.3 Å². The summed E-state index contributed by atoms with van der Waals surface area (Å²) in [5.74, 6) is 0.462. The van der Waals surface area contributed by atoms with Gasteiger partial charge in [-0.15, -0.1) is 0 Å². The van der Waals surface area contributed by atoms with E-state index in [0.717, 1.165) is 11.3 Å². The predicted molar refractivity (Wildman–Crippen MR) is 62.5 cm³/mol. The molecule has 1 rings (SSSR count). The molecule has 0 spiro atoms. The zero-order valence-electron chi connectivity index (χ0n) is 10.3. The second-order valence-electron chi connectivity index (χ2n) is 3.34. The Morgan fingerprint density at radius 1 is 1.40 bits per heavy atom. The third-order valence-electron chi connectivity index (χ3n) is 1.76. The van der Waals surface area contributed by atoms with Crippen molar-refractivity contribution >= 4 is 6.09 Å². The first kappa shape index (κ1) is 13.8. The number of hydrogen-bond donors (Lipinski definition) is 1. The first-order chi connectivity index (χ1) is 7.13. The summed E-state index contributed by atoms with van der Waals surface area (Å²) in [6.07, 6.45) is 3.61. The fourth-order valence-corrected chi connectivity index (χ4v) is 1.25. The Balaban J connectivity index is 0.000000921. The molecule has 1 saturated heterocycles. The zero-order valence-corrected chi connectivity index (χ0v) is 10.3. The summed E-state index contributed by atoms with van der Waals surface area (Å²) < 4.78 is 4.86. The van der Waals surface area contributed by atoms with Gasteiger partial charge in [-0.2, -0.15) is 0 Å². The van der Waals surface area contributed by atoms with E-state index < -0.39 is 0 Å². The Kier molecular flexibility index (Phi) is 6.50. The topological polar surface area (TPSA) is 38.3 Å². The summed E-state index contributed by atoms with van der Waals surface area (Å²) in [4.78, 5) is 10.9. The van der Waals surface area contributed by atoms with E-state index in [0.29, 0.717) is 12.5 Å². The highest BCUT2D eigenvalue weighted by molar-refractivity contribution is 5.73. The van der Waals surface area contributed by atoms with E-state index in [1.54, 1.807) is 0 Å². The Morgan fingerprint density at radius 3 is 2.47 bits per heavy atom. The number of hydrogen-bond acceptors (Lipinski definition) is 2. The molecule has 1 aliphatic heterocycles. The molecule has 1 fully saturated rings. The fourth-order valence-electron chi connectivity index (χ4n) is 1.25. The summed E-state index contributed by atoms with van der Waals surface area (Å²) in [5.41, 5.74) is 1.92. The Labute approximate surface area is 92.2 Å². The van der Waals surface area contributed by atoms with E-state index >= 15 is 0 Å². The van der Waals surface area contributed by atoms with Crippen LogP contribution < -0.4 is 5.32 Å². The molecule has 3 nitrogen and oxygen atoms in total. The number of cyclic esters (lactones) is 1. The van der Waals surface area contributed by atoms with Crippen molar-refractivity contribution in [3.8, 4) is 0 Å². The van der Waals surface area contributed by atoms with Crippen LogP contribution in [0.3, 0.4) is 0 Å². The third-order valence-corrected chi connectivity index (χ3v) is 1.76. The molecule has 0 bridgehead atoms. The Hall–Kier alpha value is -1.25. The fraction of sp³-hybridized carbons (Fsp3) is 0.583. The van der Waals surface area contributed by atoms with Crippen LogP contribution >= 0.6 is 0 Å². The molecule has 15 heavy (non-hydrogen) atoms. The van der Waals surface area contributed by atoms with E-state index in [9.17, 15) is 4.79 Å². The van der Waals surface area contributed by atoms with Crippen LogP contribution in [0.15, 0.2) is 23.4 Å². The second kappa shape index (κ2) is 7.10. The van der Waals surface area contributed by atoms with Crippen LogP contribution in [-0.4, -0.2) is 12.7 Å². The quantitative estimate of drug-likeness (QED) is 0.723. The number of rotatable bonds is 1. The van der Waals surface area contributed by atoms with Gasteiger partial charge in [0.15, 0.2) is 0 Å². The Bertz CT molecular complexity index is 265. The molecule has 0 saturated carbocycles. The van der Waals surface area contributed by atoms with Crippen LogP contribution in [0.1, 0.15) is 34.6 Å². The van der Waals surface area contributed by atoms with Crippen molar-refractivity contribution in [1.29, 1.82) is 0 Å². The molecular weight excluding hydrogens is 190 g/mol. The lowest BCUT2D eigenvalue weighted by atomic mass is 10.1. The highest BCUT2D eigenvalue weighted by atomic mass is 16.5. The molecule has 0 aromatic heterocycles. The lowest BCUT2D eigenvalue weighted by Crippen LogP contribution is -2.32. The molecule has 0 radical (unpaired) electrons. The van der Waals surface area contributed by atoms with Crippen LogP contribution in [-0.2, 0) is 4.74 Å². The van der Waals surface area contributed by atoms with Gasteiger partial charge in [0.2, 0.25) is 0 Å². The molecule has 0 aromatic rings. The Morgan fingerprint density at radius 2 is 2.00 bits per heavy atom. The molecule has 1 aliphatic rings. The number of amides is 1. The lowest BCUT2D eigenvalue weighted by molar-refractivity contribution is 0.151. The van der Waals surface area contributed by atoms with Crippen molar-refractivity contribution in [3.63, 3.8) is 0 Å². The van der Waals surface area contributed by atoms with Gasteiger partial charge in [-0.25, -0.2) is 4.79 Å². The van der Waals surface area contributed by atoms with Gasteiger partial charge in [0.05, 0.1) is 0 Å². The van der Waals surface area contributed by atoms with Gasteiger partial charge in [-0.1, -0.05) is 39.8 Å². The smallest absolute Gasteiger partial charge is 0.411 e. The van der Waals surface area contributed by atoms with Crippen LogP contribution in [0.25, 0.3) is 0 Å². The molecule has 0 unspecified atom stereocenters. The van der Waals surface area contributed by atoms with Crippen molar-refractivity contribution in [1.82, 2.24) is 5.32 Å². The van der Waals surface area contributed by atoms with Crippen molar-refractivity contribution in [2.75, 3.05) is 6.61 Å². The number of carbonyl (C=O) groups is 1. The van der Waals surface area contributed by atoms with E-state index in [-0.39, 0.29) is 6.09 Å². The number of allylic oxidation sites excluding steroid dienone is 2. The minimum absolute atomic E-state index is 0.367. The van der Waals surface area contributed by atoms with Gasteiger partial charge in [-0.3, -0.25) is 5.32 Å². The van der Waals surface area contributed by atoms with Crippen LogP contribution in [0, 0.1) is 5.92 Å². The molecule has 86 valence electrons. The molecule has 0 atom stereocenters. The maximum atomic E-state index is 10.9. The molecule has 0 aromatic carbocycles. The molecule has 0 aliphatic carbocycles. The lowest BCUT2D eigenvalue weighted by Gasteiger charge is -2.20. The molecule has 1 amide bonds. The highest BCUT2D eigenvalue weighted by Gasteiger charge is 2.17. The predicted octanol–water partition coefficient (Wildman–Crippen LogP) is 3.24. The monoisotopic (exact) mass is 211 g/mol. The van der Waals surface area contributed by atoms with Gasteiger partial charge in [0.1, 0.15) is 6.61 Å². The molecule has 1 N–H and O–H groups in total. The summed E-state index contributed by atoms with van der Waals surface area (Å²) in [6, 6.07) is 0. The minimum atomic E-state index is -0.367. The number of ether oxygens (including phenoxy) is 1. The van der Waals surface area contributed by atoms with Gasteiger partial charge >= 0.3 is 6.09 Å². The first-order valence-corrected chi connectivity index (χ1v) is 5.44. The molecule has 3 heteroatoms. The number of nitrogens with one attached hydrogen (secondary N) is 1. The standard InChI is InChI=1S/C10H15NO2.C2H6/c1-4-9-8(5-7(2)3)6-13-10(12)11-9;1-2/h4-5,7H,6H2,1-3H3,(H,11,12);1-2H3/b8-5-,9-4+;. The molecular formula is C12H21NO2. The van der Waals surface area contributed by atoms with Crippen LogP contribution in [0.5, 0.6) is 0 Å². The largest absolute Gasteiger partial charge is 0.444 e. The number of carbonyl (C=O) groups excluding carboxylic acids is 1. The van der Waals surface area contributed by atoms with Crippen molar-refractivity contribution in [3.05, 3.63) is 23.4 Å². The molecule has 1 heterocycles. The van der Waals surface area contributed by atoms with Crippen molar-refractivity contribution in [2.24, 2.45) is 5.92 Å². The van der Waals surface area contributed by atoms with Gasteiger partial charge in [-0.05, 0) is 12.8 Å². The van der Waals surface area contributed by atoms with Crippen molar-refractivity contribution < 1.29 is 9.53 Å². The second-order valence-corrected chi connectivity index (χ2v) is 3.34. The first-order valence-electron chi connectivity index (χ1n) is 5.44. The van der Waals surface area contributed by atoms with Crippen LogP contribution in [0.2, 0.25) is 0 Å².